The quantitative estimate of drug-likeness (QED) is 0.729. The van der Waals surface area contributed by atoms with Gasteiger partial charge in [0.25, 0.3) is 10.0 Å². The maximum absolute atomic E-state index is 12.8. The lowest BCUT2D eigenvalue weighted by Gasteiger charge is -2.08. The van der Waals surface area contributed by atoms with Crippen LogP contribution in [0.3, 0.4) is 0 Å². The zero-order chi connectivity index (χ0) is 18.2. The molecule has 0 aliphatic heterocycles. The van der Waals surface area contributed by atoms with Crippen molar-refractivity contribution in [3.05, 3.63) is 52.7 Å². The Bertz CT molecular complexity index is 1000. The van der Waals surface area contributed by atoms with Gasteiger partial charge in [-0.2, -0.15) is 0 Å². The van der Waals surface area contributed by atoms with Crippen LogP contribution in [0.5, 0.6) is 0 Å². The second-order valence-corrected chi connectivity index (χ2v) is 8.50. The van der Waals surface area contributed by atoms with E-state index in [2.05, 4.69) is 16.6 Å². The molecule has 0 fully saturated rings. The summed E-state index contributed by atoms with van der Waals surface area (Å²) in [4.78, 5) is 4.74. The van der Waals surface area contributed by atoms with E-state index in [-0.39, 0.29) is 4.90 Å². The molecule has 0 saturated heterocycles. The van der Waals surface area contributed by atoms with E-state index in [0.717, 1.165) is 22.8 Å². The van der Waals surface area contributed by atoms with Crippen LogP contribution in [-0.4, -0.2) is 18.0 Å². The van der Waals surface area contributed by atoms with Crippen LogP contribution in [-0.2, 0) is 23.5 Å². The highest BCUT2D eigenvalue weighted by Crippen LogP contribution is 2.30. The molecule has 25 heavy (non-hydrogen) atoms. The Kier molecular flexibility index (Phi) is 4.71. The molecule has 3 aromatic rings. The van der Waals surface area contributed by atoms with Crippen molar-refractivity contribution in [1.29, 1.82) is 0 Å². The standard InChI is InChI=1S/C18H21N3O2S2/c1-5-14-6-8-15(9-7-14)20-25(22,23)17-10-16(21(4)13(17)3)18-19-12(2)11-24-18/h6-11,20H,5H2,1-4H3. The highest BCUT2D eigenvalue weighted by molar-refractivity contribution is 7.92. The van der Waals surface area contributed by atoms with Gasteiger partial charge in [-0.05, 0) is 44.0 Å². The molecular formula is C18H21N3O2S2. The molecule has 1 aromatic carbocycles. The van der Waals surface area contributed by atoms with Crippen LogP contribution in [0, 0.1) is 13.8 Å². The normalized spacial score (nSPS) is 11.7. The number of anilines is 1. The van der Waals surface area contributed by atoms with Crippen molar-refractivity contribution in [1.82, 2.24) is 9.55 Å². The van der Waals surface area contributed by atoms with Crippen molar-refractivity contribution >= 4 is 27.0 Å². The smallest absolute Gasteiger partial charge is 0.263 e. The molecular weight excluding hydrogens is 354 g/mol. The van der Waals surface area contributed by atoms with Crippen LogP contribution < -0.4 is 4.72 Å². The van der Waals surface area contributed by atoms with Crippen molar-refractivity contribution in [2.24, 2.45) is 7.05 Å². The van der Waals surface area contributed by atoms with Gasteiger partial charge in [0, 0.05) is 29.5 Å². The molecule has 0 spiro atoms. The number of sulfonamides is 1. The average molecular weight is 376 g/mol. The Balaban J connectivity index is 1.96. The number of nitrogens with zero attached hydrogens (tertiary/aromatic N) is 2. The van der Waals surface area contributed by atoms with E-state index >= 15 is 0 Å². The Morgan fingerprint density at radius 3 is 2.44 bits per heavy atom. The molecule has 7 heteroatoms. The van der Waals surface area contributed by atoms with Crippen LogP contribution in [0.2, 0.25) is 0 Å². The third-order valence-electron chi connectivity index (χ3n) is 4.23. The molecule has 2 aromatic heterocycles. The fraction of sp³-hybridized carbons (Fsp3) is 0.278. The van der Waals surface area contributed by atoms with E-state index in [1.54, 1.807) is 25.1 Å². The maximum atomic E-state index is 12.8. The number of benzene rings is 1. The molecule has 0 bridgehead atoms. The van der Waals surface area contributed by atoms with Gasteiger partial charge in [0.1, 0.15) is 9.90 Å². The van der Waals surface area contributed by atoms with E-state index in [1.165, 1.54) is 16.9 Å². The topological polar surface area (TPSA) is 64.0 Å². The van der Waals surface area contributed by atoms with Crippen molar-refractivity contribution in [2.75, 3.05) is 4.72 Å². The van der Waals surface area contributed by atoms with Crippen molar-refractivity contribution in [2.45, 2.75) is 32.1 Å². The molecule has 0 atom stereocenters. The van der Waals surface area contributed by atoms with Gasteiger partial charge in [0.15, 0.2) is 0 Å². The Hall–Kier alpha value is -2.12. The molecule has 0 aliphatic carbocycles. The van der Waals surface area contributed by atoms with E-state index in [9.17, 15) is 8.42 Å². The number of rotatable bonds is 5. The zero-order valence-electron chi connectivity index (χ0n) is 14.7. The van der Waals surface area contributed by atoms with E-state index in [1.807, 2.05) is 36.1 Å². The number of thiazole rings is 1. The second-order valence-electron chi connectivity index (χ2n) is 5.99. The molecule has 132 valence electrons. The molecule has 2 heterocycles. The molecule has 1 N–H and O–H groups in total. The first-order chi connectivity index (χ1) is 11.8. The molecule has 0 amide bonds. The SMILES string of the molecule is CCc1ccc(NS(=O)(=O)c2cc(-c3nc(C)cs3)n(C)c2C)cc1. The van der Waals surface area contributed by atoms with E-state index in [0.29, 0.717) is 11.4 Å². The fourth-order valence-corrected chi connectivity index (χ4v) is 4.84. The summed E-state index contributed by atoms with van der Waals surface area (Å²) in [5.74, 6) is 0. The number of nitrogens with one attached hydrogen (secondary N) is 1. The summed E-state index contributed by atoms with van der Waals surface area (Å²) in [6.07, 6.45) is 0.918. The van der Waals surface area contributed by atoms with E-state index < -0.39 is 10.0 Å². The maximum Gasteiger partial charge on any atom is 0.263 e. The van der Waals surface area contributed by atoms with Gasteiger partial charge < -0.3 is 4.57 Å². The Morgan fingerprint density at radius 1 is 1.20 bits per heavy atom. The third-order valence-corrected chi connectivity index (χ3v) is 6.71. The van der Waals surface area contributed by atoms with Crippen LogP contribution in [0.1, 0.15) is 23.9 Å². The van der Waals surface area contributed by atoms with Gasteiger partial charge in [-0.1, -0.05) is 19.1 Å². The second kappa shape index (κ2) is 6.65. The minimum atomic E-state index is -3.66. The van der Waals surface area contributed by atoms with Gasteiger partial charge in [-0.3, -0.25) is 4.72 Å². The van der Waals surface area contributed by atoms with Crippen LogP contribution >= 0.6 is 11.3 Å². The van der Waals surface area contributed by atoms with E-state index in [4.69, 9.17) is 0 Å². The van der Waals surface area contributed by atoms with Gasteiger partial charge in [-0.25, -0.2) is 13.4 Å². The summed E-state index contributed by atoms with van der Waals surface area (Å²) < 4.78 is 30.2. The molecule has 0 aliphatic rings. The lowest BCUT2D eigenvalue weighted by Crippen LogP contribution is -2.13. The lowest BCUT2D eigenvalue weighted by molar-refractivity contribution is 0.600. The van der Waals surface area contributed by atoms with Crippen LogP contribution in [0.15, 0.2) is 40.6 Å². The first kappa shape index (κ1) is 17.7. The van der Waals surface area contributed by atoms with Crippen molar-refractivity contribution < 1.29 is 8.42 Å². The predicted octanol–water partition coefficient (Wildman–Crippen LogP) is 4.13. The zero-order valence-corrected chi connectivity index (χ0v) is 16.3. The summed E-state index contributed by atoms with van der Waals surface area (Å²) in [7, 11) is -1.80. The average Bonchev–Trinajstić information content (AvgIpc) is 3.13. The number of aryl methyl sites for hydroxylation is 2. The van der Waals surface area contributed by atoms with Gasteiger partial charge in [-0.15, -0.1) is 11.3 Å². The summed E-state index contributed by atoms with van der Waals surface area (Å²) in [5.41, 5.74) is 4.14. The minimum Gasteiger partial charge on any atom is -0.345 e. The first-order valence-corrected chi connectivity index (χ1v) is 10.4. The van der Waals surface area contributed by atoms with Gasteiger partial charge in [0.2, 0.25) is 0 Å². The lowest BCUT2D eigenvalue weighted by atomic mass is 10.2. The van der Waals surface area contributed by atoms with Crippen LogP contribution in [0.25, 0.3) is 10.7 Å². The largest absolute Gasteiger partial charge is 0.345 e. The summed E-state index contributed by atoms with van der Waals surface area (Å²) >= 11 is 1.51. The highest BCUT2D eigenvalue weighted by atomic mass is 32.2. The van der Waals surface area contributed by atoms with Crippen LogP contribution in [0.4, 0.5) is 5.69 Å². The number of hydrogen-bond donors (Lipinski definition) is 1. The van der Waals surface area contributed by atoms with Gasteiger partial charge >= 0.3 is 0 Å². The summed E-state index contributed by atoms with van der Waals surface area (Å²) in [6.45, 7) is 5.79. The molecule has 0 radical (unpaired) electrons. The number of hydrogen-bond acceptors (Lipinski definition) is 4. The number of aromatic nitrogens is 2. The monoisotopic (exact) mass is 375 g/mol. The minimum absolute atomic E-state index is 0.275. The third kappa shape index (κ3) is 3.48. The predicted molar refractivity (Wildman–Crippen MR) is 103 cm³/mol. The molecule has 0 unspecified atom stereocenters. The van der Waals surface area contributed by atoms with Crippen molar-refractivity contribution in [3.63, 3.8) is 0 Å². The Labute approximate surface area is 152 Å². The molecule has 5 nitrogen and oxygen atoms in total. The molecule has 3 rings (SSSR count). The summed E-state index contributed by atoms with van der Waals surface area (Å²) in [5, 5.41) is 2.77. The molecule has 0 saturated carbocycles. The highest BCUT2D eigenvalue weighted by Gasteiger charge is 2.23. The van der Waals surface area contributed by atoms with Gasteiger partial charge in [0.05, 0.1) is 5.69 Å². The Morgan fingerprint density at radius 2 is 1.88 bits per heavy atom. The summed E-state index contributed by atoms with van der Waals surface area (Å²) in [6, 6.07) is 9.13. The van der Waals surface area contributed by atoms with Crippen molar-refractivity contribution in [3.8, 4) is 10.7 Å². The fourth-order valence-electron chi connectivity index (χ4n) is 2.64. The first-order valence-electron chi connectivity index (χ1n) is 8.02.